The smallest absolute Gasteiger partial charge is 0.333 e. The number of methoxy groups -OCH3 is 2. The molecule has 0 aliphatic heterocycles. The summed E-state index contributed by atoms with van der Waals surface area (Å²) in [5.74, 6) is -3.61. The second-order valence-corrected chi connectivity index (χ2v) is 13.8. The van der Waals surface area contributed by atoms with E-state index in [1.54, 1.807) is 41.5 Å². The molecule has 362 valence electrons. The molecule has 0 bridgehead atoms. The zero-order chi connectivity index (χ0) is 42.3. The van der Waals surface area contributed by atoms with Crippen LogP contribution in [0, 0.1) is 16.2 Å². The van der Waals surface area contributed by atoms with Crippen LogP contribution in [-0.4, -0.2) is 60.2 Å². The van der Waals surface area contributed by atoms with Crippen LogP contribution in [0.1, 0.15) is 138 Å². The highest BCUT2D eigenvalue weighted by molar-refractivity contribution is 6.92. The summed E-state index contributed by atoms with van der Waals surface area (Å²) in [6.07, 6.45) is 0.519. The van der Waals surface area contributed by atoms with Gasteiger partial charge >= 0.3 is 35.8 Å². The van der Waals surface area contributed by atoms with Crippen LogP contribution in [0.4, 0.5) is 0 Å². The van der Waals surface area contributed by atoms with E-state index in [-0.39, 0.29) is 98.8 Å². The van der Waals surface area contributed by atoms with E-state index in [1.807, 2.05) is 67.6 Å². The molecule has 2 N–H and O–H groups in total. The number of esters is 4. The molecule has 0 fully saturated rings. The minimum Gasteiger partial charge on any atom is -0.577 e. The third-order valence-corrected chi connectivity index (χ3v) is 7.81. The number of carboxylic acids is 2. The van der Waals surface area contributed by atoms with Gasteiger partial charge in [-0.25, -0.2) is 14.4 Å². The normalized spacial score (nSPS) is 10.7. The predicted octanol–water partition coefficient (Wildman–Crippen LogP) is 12.7. The highest BCUT2D eigenvalue weighted by Crippen LogP contribution is 2.45. The first-order valence-corrected chi connectivity index (χ1v) is 16.9. The summed E-state index contributed by atoms with van der Waals surface area (Å²) in [4.78, 5) is 67.8. The van der Waals surface area contributed by atoms with Crippen LogP contribution in [0.3, 0.4) is 0 Å². The molecule has 0 spiro atoms. The van der Waals surface area contributed by atoms with Gasteiger partial charge in [0.15, 0.2) is 0 Å². The molecule has 0 heterocycles. The molecule has 0 saturated carbocycles. The lowest BCUT2D eigenvalue weighted by atomic mass is 9.65. The van der Waals surface area contributed by atoms with Gasteiger partial charge in [0.25, 0.3) is 0 Å². The van der Waals surface area contributed by atoms with Gasteiger partial charge in [-0.15, -0.1) is 0 Å². The van der Waals surface area contributed by atoms with E-state index < -0.39 is 40.1 Å². The second-order valence-electron chi connectivity index (χ2n) is 13.8. The molecule has 13 heteroatoms. The Labute approximate surface area is 381 Å². The minimum absolute atomic E-state index is 0. The Balaban J connectivity index is -0.0000000837. The molecule has 0 radical (unpaired) electrons. The van der Waals surface area contributed by atoms with Gasteiger partial charge in [0.05, 0.1) is 30.5 Å². The molecule has 2 rings (SSSR count). The topological polar surface area (TPSA) is 180 Å². The van der Waals surface area contributed by atoms with Gasteiger partial charge < -0.3 is 39.1 Å². The maximum Gasteiger partial charge on any atom is 0.333 e. The molecule has 0 amide bonds. The Morgan fingerprint density at radius 2 is 0.903 bits per heavy atom. The van der Waals surface area contributed by atoms with Gasteiger partial charge in [-0.3, -0.25) is 14.4 Å². The molecular weight excluding hydrogens is 812 g/mol. The van der Waals surface area contributed by atoms with Crippen LogP contribution in [0.5, 0.6) is 0 Å². The molecule has 2 aromatic carbocycles. The van der Waals surface area contributed by atoms with Gasteiger partial charge in [-0.1, -0.05) is 139 Å². The van der Waals surface area contributed by atoms with Gasteiger partial charge in [0, 0.05) is 16.7 Å². The standard InChI is InChI=1S/C22H32O6.C11H12O2.C5H8O2.C4H6O2.7CH4.H2P/c1-7-21(4,19(26)28-13-16-11-9-8-10-12-16)15-22(5,17(23)24)14-20(2,3)18(25)27-6;1-9(2)11(12)13-8-10-6-4-3-5-7-10;1-4(2)5(6)7-3;1-3(2)4(5)6;;;;;;;;/h8-12H,7,13-15H2,1-6H3,(H,23,24);3-7H,1,8H2,2H3;1H2,2-3H3;1H2,2H3,(H,5,6);7*1H4;1H2/q;;;;;;;;;;;-1. The highest BCUT2D eigenvalue weighted by Gasteiger charge is 2.49. The number of hydrogen-bond acceptors (Lipinski definition) is 10. The first kappa shape index (κ1) is 80.8. The van der Waals surface area contributed by atoms with E-state index in [9.17, 15) is 33.9 Å². The molecule has 2 aromatic rings. The van der Waals surface area contributed by atoms with Crippen molar-refractivity contribution in [1.82, 2.24) is 0 Å². The fourth-order valence-corrected chi connectivity index (χ4v) is 4.66. The average Bonchev–Trinajstić information content (AvgIpc) is 3.13. The summed E-state index contributed by atoms with van der Waals surface area (Å²) in [5, 5.41) is 17.8. The van der Waals surface area contributed by atoms with Crippen LogP contribution in [-0.2, 0) is 60.9 Å². The lowest BCUT2D eigenvalue weighted by Crippen LogP contribution is -2.43. The number of carbonyl (C=O) groups is 6. The van der Waals surface area contributed by atoms with E-state index in [0.717, 1.165) is 11.1 Å². The number of aliphatic carboxylic acids is 2. The zero-order valence-corrected chi connectivity index (χ0v) is 35.1. The third-order valence-electron chi connectivity index (χ3n) is 7.81. The van der Waals surface area contributed by atoms with Crippen LogP contribution >= 0.6 is 9.90 Å². The fraction of sp³-hybridized carbons (Fsp3) is 0.510. The maximum absolute atomic E-state index is 12.8. The number of ether oxygens (including phenoxy) is 4. The zero-order valence-electron chi connectivity index (χ0n) is 34.0. The summed E-state index contributed by atoms with van der Waals surface area (Å²) in [7, 11) is 2.61. The summed E-state index contributed by atoms with van der Waals surface area (Å²) in [6, 6.07) is 18.9. The van der Waals surface area contributed by atoms with Crippen molar-refractivity contribution >= 4 is 45.7 Å². The Hall–Kier alpha value is -5.09. The van der Waals surface area contributed by atoms with E-state index in [2.05, 4.69) is 24.5 Å². The van der Waals surface area contributed by atoms with Crippen molar-refractivity contribution in [3.63, 3.8) is 0 Å². The average molecular weight is 900 g/mol. The van der Waals surface area contributed by atoms with Crippen molar-refractivity contribution in [2.24, 2.45) is 16.2 Å². The fourth-order valence-electron chi connectivity index (χ4n) is 4.66. The van der Waals surface area contributed by atoms with Crippen molar-refractivity contribution < 1.29 is 57.9 Å². The molecule has 0 aliphatic rings. The number of carbonyl (C=O) groups excluding carboxylic acids is 4. The second kappa shape index (κ2) is 40.0. The van der Waals surface area contributed by atoms with Crippen molar-refractivity contribution in [1.29, 1.82) is 0 Å². The Morgan fingerprint density at radius 1 is 0.548 bits per heavy atom. The Morgan fingerprint density at radius 3 is 1.16 bits per heavy atom. The molecule has 2 atom stereocenters. The number of rotatable bonds is 15. The summed E-state index contributed by atoms with van der Waals surface area (Å²) in [6.45, 7) is 23.5. The number of carboxylic acid groups (broad SMARTS) is 2. The van der Waals surface area contributed by atoms with Crippen molar-refractivity contribution in [3.05, 3.63) is 108 Å². The summed E-state index contributed by atoms with van der Waals surface area (Å²) in [5.41, 5.74) is -0.403. The highest BCUT2D eigenvalue weighted by atomic mass is 31.0. The Bertz CT molecular complexity index is 1570. The monoisotopic (exact) mass is 900 g/mol. The number of hydrogen-bond donors (Lipinski definition) is 2. The quantitative estimate of drug-likeness (QED) is 0.0748. The van der Waals surface area contributed by atoms with E-state index in [1.165, 1.54) is 21.1 Å². The lowest BCUT2D eigenvalue weighted by molar-refractivity contribution is -0.165. The first-order valence-electron chi connectivity index (χ1n) is 16.9. The first-order chi connectivity index (χ1) is 24.9. The minimum atomic E-state index is -1.30. The van der Waals surface area contributed by atoms with E-state index >= 15 is 0 Å². The molecule has 0 aliphatic carbocycles. The summed E-state index contributed by atoms with van der Waals surface area (Å²) >= 11 is 0. The third kappa shape index (κ3) is 32.7. The van der Waals surface area contributed by atoms with Crippen LogP contribution in [0.25, 0.3) is 0 Å². The predicted molar refractivity (Wildman–Crippen MR) is 263 cm³/mol. The van der Waals surface area contributed by atoms with Gasteiger partial charge in [0.2, 0.25) is 0 Å². The van der Waals surface area contributed by atoms with Gasteiger partial charge in [-0.05, 0) is 78.9 Å². The summed E-state index contributed by atoms with van der Waals surface area (Å²) < 4.78 is 19.5. The number of benzene rings is 2. The molecule has 62 heavy (non-hydrogen) atoms. The molecule has 2 unspecified atom stereocenters. The van der Waals surface area contributed by atoms with Crippen molar-refractivity contribution in [2.45, 2.75) is 140 Å². The van der Waals surface area contributed by atoms with Crippen LogP contribution in [0.15, 0.2) is 97.1 Å². The van der Waals surface area contributed by atoms with Gasteiger partial charge in [-0.2, -0.15) is 0 Å². The van der Waals surface area contributed by atoms with Crippen molar-refractivity contribution in [3.8, 4) is 0 Å². The van der Waals surface area contributed by atoms with Gasteiger partial charge in [0.1, 0.15) is 13.2 Å². The maximum atomic E-state index is 12.8. The Kier molecular flexibility index (Phi) is 52.2. The van der Waals surface area contributed by atoms with Crippen molar-refractivity contribution in [2.75, 3.05) is 14.2 Å². The molecule has 12 nitrogen and oxygen atoms in total. The van der Waals surface area contributed by atoms with E-state index in [4.69, 9.17) is 19.3 Å². The van der Waals surface area contributed by atoms with E-state index in [0.29, 0.717) is 24.2 Å². The lowest BCUT2D eigenvalue weighted by Gasteiger charge is -2.38. The molecular formula is C49H88O12P-. The van der Waals surface area contributed by atoms with Crippen LogP contribution < -0.4 is 0 Å². The molecule has 0 saturated heterocycles. The SMILES string of the molecule is C.C.C.C.C.C.C.C=C(C)C(=O)O.C=C(C)C(=O)OC.C=C(C)C(=O)OCc1ccccc1.CCC(C)(CC(C)(CC(C)(C)C(=O)OC)C(=O)O)C(=O)OCc1ccccc1.[PH2-]. The molecule has 0 aromatic heterocycles. The van der Waals surface area contributed by atoms with Crippen LogP contribution in [0.2, 0.25) is 0 Å². The largest absolute Gasteiger partial charge is 0.577 e.